The number of halogens is 1. The first-order chi connectivity index (χ1) is 4.63. The molecule has 1 aliphatic rings. The molecule has 0 aromatic rings. The monoisotopic (exact) mass is 149 g/mol. The van der Waals surface area contributed by atoms with Crippen LogP contribution in [0, 0.1) is 0 Å². The lowest BCUT2D eigenvalue weighted by Gasteiger charge is -2.32. The molecule has 0 aromatic carbocycles. The molecule has 1 rings (SSSR count). The molecule has 0 unspecified atom stereocenters. The second-order valence-electron chi connectivity index (χ2n) is 2.62. The van der Waals surface area contributed by atoms with Crippen LogP contribution in [0.4, 0.5) is 4.39 Å². The Morgan fingerprint density at radius 2 is 2.30 bits per heavy atom. The van der Waals surface area contributed by atoms with Crippen molar-refractivity contribution in [3.05, 3.63) is 0 Å². The Balaban J connectivity index is 2.52. The van der Waals surface area contributed by atoms with Crippen molar-refractivity contribution >= 4 is 0 Å². The highest BCUT2D eigenvalue weighted by Crippen LogP contribution is 2.15. The maximum absolute atomic E-state index is 12.5. The van der Waals surface area contributed by atoms with Gasteiger partial charge in [-0.2, -0.15) is 0 Å². The van der Waals surface area contributed by atoms with E-state index in [0.717, 1.165) is 0 Å². The van der Waals surface area contributed by atoms with Gasteiger partial charge in [0, 0.05) is 0 Å². The lowest BCUT2D eigenvalue weighted by atomic mass is 10.0. The Bertz CT molecular complexity index is 108. The molecule has 4 heteroatoms. The lowest BCUT2D eigenvalue weighted by Crippen LogP contribution is -2.54. The van der Waals surface area contributed by atoms with Crippen molar-refractivity contribution < 1.29 is 14.2 Å². The largest absolute Gasteiger partial charge is 0.388 e. The van der Waals surface area contributed by atoms with Gasteiger partial charge in [0.15, 0.2) is 6.17 Å². The fourth-order valence-electron chi connectivity index (χ4n) is 0.972. The molecule has 0 radical (unpaired) electrons. The highest BCUT2D eigenvalue weighted by atomic mass is 19.1. The summed E-state index contributed by atoms with van der Waals surface area (Å²) in [6.07, 6.45) is -2.64. The summed E-state index contributed by atoms with van der Waals surface area (Å²) in [6.45, 7) is 1.68. The van der Waals surface area contributed by atoms with Crippen LogP contribution in [0.3, 0.4) is 0 Å². The van der Waals surface area contributed by atoms with Crippen LogP contribution >= 0.6 is 0 Å². The highest BCUT2D eigenvalue weighted by Gasteiger charge is 2.34. The van der Waals surface area contributed by atoms with Crippen LogP contribution in [0.15, 0.2) is 0 Å². The molecule has 0 aliphatic carbocycles. The number of ether oxygens (including phenoxy) is 1. The maximum atomic E-state index is 12.5. The number of hydrogen-bond acceptors (Lipinski definition) is 3. The van der Waals surface area contributed by atoms with E-state index >= 15 is 0 Å². The molecule has 0 spiro atoms. The lowest BCUT2D eigenvalue weighted by molar-refractivity contribution is -0.0994. The fraction of sp³-hybridized carbons (Fsp3) is 1.00. The van der Waals surface area contributed by atoms with E-state index in [2.05, 4.69) is 0 Å². The Morgan fingerprint density at radius 1 is 1.70 bits per heavy atom. The molecule has 1 saturated heterocycles. The zero-order valence-corrected chi connectivity index (χ0v) is 5.83. The number of alkyl halides is 1. The van der Waals surface area contributed by atoms with Crippen molar-refractivity contribution in [3.63, 3.8) is 0 Å². The summed E-state index contributed by atoms with van der Waals surface area (Å²) in [6, 6.07) is -0.594. The van der Waals surface area contributed by atoms with E-state index in [1.807, 2.05) is 0 Å². The molecule has 60 valence electrons. The van der Waals surface area contributed by atoms with Crippen LogP contribution in [0.25, 0.3) is 0 Å². The van der Waals surface area contributed by atoms with Crippen LogP contribution in [0.2, 0.25) is 0 Å². The smallest absolute Gasteiger partial charge is 0.151 e. The van der Waals surface area contributed by atoms with Crippen molar-refractivity contribution in [1.82, 2.24) is 0 Å². The molecule has 0 aromatic heterocycles. The van der Waals surface area contributed by atoms with Crippen LogP contribution in [-0.4, -0.2) is 36.1 Å². The Labute approximate surface area is 59.0 Å². The zero-order valence-electron chi connectivity index (χ0n) is 5.83. The number of aliphatic hydroxyl groups excluding tert-OH is 1. The summed E-state index contributed by atoms with van der Waals surface area (Å²) >= 11 is 0. The molecule has 1 heterocycles. The fourth-order valence-corrected chi connectivity index (χ4v) is 0.972. The minimum atomic E-state index is -1.33. The van der Waals surface area contributed by atoms with Crippen molar-refractivity contribution in [3.8, 4) is 0 Å². The third kappa shape index (κ3) is 1.28. The summed E-state index contributed by atoms with van der Waals surface area (Å²) in [5.41, 5.74) is 5.40. The van der Waals surface area contributed by atoms with Gasteiger partial charge in [0.25, 0.3) is 0 Å². The third-order valence-corrected chi connectivity index (χ3v) is 1.83. The number of hydrogen-bond donors (Lipinski definition) is 2. The van der Waals surface area contributed by atoms with Crippen molar-refractivity contribution in [2.24, 2.45) is 5.73 Å². The second kappa shape index (κ2) is 2.82. The van der Waals surface area contributed by atoms with Crippen molar-refractivity contribution in [2.75, 3.05) is 6.61 Å². The van der Waals surface area contributed by atoms with E-state index in [4.69, 9.17) is 15.6 Å². The summed E-state index contributed by atoms with van der Waals surface area (Å²) in [4.78, 5) is 0. The summed E-state index contributed by atoms with van der Waals surface area (Å²) in [5, 5.41) is 9.04. The Morgan fingerprint density at radius 3 is 2.80 bits per heavy atom. The third-order valence-electron chi connectivity index (χ3n) is 1.83. The molecule has 0 saturated carbocycles. The van der Waals surface area contributed by atoms with Crippen LogP contribution in [0.1, 0.15) is 6.92 Å². The van der Waals surface area contributed by atoms with Gasteiger partial charge in [-0.05, 0) is 6.92 Å². The normalized spacial score (nSPS) is 49.2. The summed E-state index contributed by atoms with van der Waals surface area (Å²) in [5.74, 6) is 0. The first-order valence-corrected chi connectivity index (χ1v) is 3.32. The maximum Gasteiger partial charge on any atom is 0.151 e. The van der Waals surface area contributed by atoms with Gasteiger partial charge in [-0.15, -0.1) is 0 Å². The van der Waals surface area contributed by atoms with Crippen LogP contribution in [-0.2, 0) is 4.74 Å². The predicted molar refractivity (Wildman–Crippen MR) is 34.3 cm³/mol. The molecular weight excluding hydrogens is 137 g/mol. The zero-order chi connectivity index (χ0) is 7.72. The van der Waals surface area contributed by atoms with E-state index < -0.39 is 18.3 Å². The molecule has 4 atom stereocenters. The van der Waals surface area contributed by atoms with Crippen molar-refractivity contribution in [1.29, 1.82) is 0 Å². The molecule has 1 fully saturated rings. The molecular formula is C6H12FNO2. The van der Waals surface area contributed by atoms with Gasteiger partial charge in [-0.1, -0.05) is 0 Å². The molecule has 3 N–H and O–H groups in total. The van der Waals surface area contributed by atoms with Gasteiger partial charge in [-0.3, -0.25) is 0 Å². The quantitative estimate of drug-likeness (QED) is 0.485. The number of nitrogens with two attached hydrogens (primary N) is 1. The van der Waals surface area contributed by atoms with Gasteiger partial charge >= 0.3 is 0 Å². The van der Waals surface area contributed by atoms with E-state index in [1.165, 1.54) is 0 Å². The average molecular weight is 149 g/mol. The molecule has 1 aliphatic heterocycles. The van der Waals surface area contributed by atoms with Crippen molar-refractivity contribution in [2.45, 2.75) is 31.3 Å². The number of aliphatic hydroxyl groups is 1. The number of rotatable bonds is 0. The van der Waals surface area contributed by atoms with Gasteiger partial charge < -0.3 is 15.6 Å². The predicted octanol–water partition coefficient (Wildman–Crippen LogP) is -0.569. The molecule has 0 bridgehead atoms. The van der Waals surface area contributed by atoms with Gasteiger partial charge in [0.05, 0.1) is 18.8 Å². The molecule has 3 nitrogen and oxygen atoms in total. The summed E-state index contributed by atoms with van der Waals surface area (Å²) in [7, 11) is 0. The Kier molecular flexibility index (Phi) is 2.23. The summed E-state index contributed by atoms with van der Waals surface area (Å²) < 4.78 is 17.5. The minimum absolute atomic E-state index is 0.0456. The first kappa shape index (κ1) is 7.91. The average Bonchev–Trinajstić information content (AvgIpc) is 1.93. The first-order valence-electron chi connectivity index (χ1n) is 3.32. The van der Waals surface area contributed by atoms with Gasteiger partial charge in [-0.25, -0.2) is 4.39 Å². The standard InChI is InChI=1S/C6H12FNO2/c1-3-5(8)6(9)4(7)2-10-3/h3-6,9H,2,8H2,1H3/t3-,4+,5+,6-/m1/s1. The van der Waals surface area contributed by atoms with E-state index in [0.29, 0.717) is 0 Å². The van der Waals surface area contributed by atoms with Gasteiger partial charge in [0.1, 0.15) is 6.10 Å². The molecule has 10 heavy (non-hydrogen) atoms. The minimum Gasteiger partial charge on any atom is -0.388 e. The van der Waals surface area contributed by atoms with E-state index in [-0.39, 0.29) is 12.7 Å². The molecule has 0 amide bonds. The topological polar surface area (TPSA) is 55.5 Å². The Hall–Kier alpha value is -0.190. The second-order valence-corrected chi connectivity index (χ2v) is 2.62. The SMILES string of the molecule is C[C@H]1OC[C@H](F)[C@@H](O)[C@H]1N. The highest BCUT2D eigenvalue weighted by molar-refractivity contribution is 4.87. The van der Waals surface area contributed by atoms with E-state index in [9.17, 15) is 4.39 Å². The van der Waals surface area contributed by atoms with Crippen LogP contribution in [0.5, 0.6) is 0 Å². The van der Waals surface area contributed by atoms with Crippen LogP contribution < -0.4 is 5.73 Å². The van der Waals surface area contributed by atoms with E-state index in [1.54, 1.807) is 6.92 Å². The van der Waals surface area contributed by atoms with Gasteiger partial charge in [0.2, 0.25) is 0 Å².